The monoisotopic (exact) mass is 419 g/mol. The van der Waals surface area contributed by atoms with E-state index in [9.17, 15) is 24.6 Å². The van der Waals surface area contributed by atoms with Gasteiger partial charge in [0.05, 0.1) is 6.61 Å². The summed E-state index contributed by atoms with van der Waals surface area (Å²) >= 11 is 1.37. The molecule has 0 aliphatic carbocycles. The second kappa shape index (κ2) is 8.68. The SMILES string of the molecule is COC/C=C\C1=C(C(=O)O)N2C(=O)[C@@H](NC(=O)C(N)c3ccc(O)cc3)[C@H]2SC1. The van der Waals surface area contributed by atoms with Crippen molar-refractivity contribution in [1.29, 1.82) is 0 Å². The number of methoxy groups -OCH3 is 1. The van der Waals surface area contributed by atoms with Crippen LogP contribution in [0.1, 0.15) is 11.6 Å². The number of hydrogen-bond acceptors (Lipinski definition) is 7. The van der Waals surface area contributed by atoms with Gasteiger partial charge in [0, 0.05) is 12.9 Å². The molecule has 9 nitrogen and oxygen atoms in total. The predicted octanol–water partition coefficient (Wildman–Crippen LogP) is 0.333. The lowest BCUT2D eigenvalue weighted by molar-refractivity contribution is -0.150. The highest BCUT2D eigenvalue weighted by atomic mass is 32.2. The van der Waals surface area contributed by atoms with Crippen LogP contribution in [0, 0.1) is 0 Å². The number of nitrogens with two attached hydrogens (primary N) is 1. The molecule has 2 aliphatic rings. The number of aromatic hydroxyl groups is 1. The van der Waals surface area contributed by atoms with Crippen LogP contribution in [0.4, 0.5) is 0 Å². The van der Waals surface area contributed by atoms with E-state index < -0.39 is 35.2 Å². The summed E-state index contributed by atoms with van der Waals surface area (Å²) in [5.41, 5.74) is 6.85. The molecule has 1 saturated heterocycles. The summed E-state index contributed by atoms with van der Waals surface area (Å²) < 4.78 is 4.92. The molecule has 10 heteroatoms. The number of β-lactam (4-membered cyclic amide) rings is 1. The Kier molecular flexibility index (Phi) is 6.26. The standard InChI is InChI=1S/C19H21N3O6S/c1-28-8-2-3-11-9-29-18-14(17(25)22(18)15(11)19(26)27)21-16(24)13(20)10-4-6-12(23)7-5-10/h2-7,13-14,18,23H,8-9,20H2,1H3,(H,21,24)(H,26,27)/b3-2-/t13?,14-,18-/m1/s1. The highest BCUT2D eigenvalue weighted by Crippen LogP contribution is 2.40. The number of carboxylic acids is 1. The molecule has 0 saturated carbocycles. The van der Waals surface area contributed by atoms with Crippen LogP contribution in [-0.2, 0) is 19.1 Å². The number of hydrogen-bond donors (Lipinski definition) is 4. The summed E-state index contributed by atoms with van der Waals surface area (Å²) in [6, 6.07) is 4.00. The van der Waals surface area contributed by atoms with Crippen LogP contribution >= 0.6 is 11.8 Å². The first kappa shape index (κ1) is 20.9. The minimum Gasteiger partial charge on any atom is -0.508 e. The maximum Gasteiger partial charge on any atom is 0.352 e. The molecule has 2 heterocycles. The summed E-state index contributed by atoms with van der Waals surface area (Å²) in [5, 5.41) is 21.0. The number of rotatable bonds is 7. The van der Waals surface area contributed by atoms with Crippen molar-refractivity contribution in [2.75, 3.05) is 19.5 Å². The molecule has 3 rings (SSSR count). The van der Waals surface area contributed by atoms with Crippen LogP contribution in [0.3, 0.4) is 0 Å². The average Bonchev–Trinajstić information content (AvgIpc) is 2.71. The fraction of sp³-hybridized carbons (Fsp3) is 0.316. The van der Waals surface area contributed by atoms with Crippen LogP contribution in [0.15, 0.2) is 47.7 Å². The number of aliphatic carboxylic acids is 1. The third kappa shape index (κ3) is 4.14. The first-order chi connectivity index (χ1) is 13.8. The number of phenolic OH excluding ortho intramolecular Hbond substituents is 1. The Morgan fingerprint density at radius 1 is 1.41 bits per heavy atom. The van der Waals surface area contributed by atoms with Crippen molar-refractivity contribution in [3.8, 4) is 5.75 Å². The van der Waals surface area contributed by atoms with Gasteiger partial charge in [0.2, 0.25) is 5.91 Å². The Balaban J connectivity index is 1.72. The molecule has 3 atom stereocenters. The number of thioether (sulfide) groups is 1. The van der Waals surface area contributed by atoms with E-state index in [0.29, 0.717) is 23.5 Å². The van der Waals surface area contributed by atoms with E-state index in [4.69, 9.17) is 10.5 Å². The number of fused-ring (bicyclic) bond motifs is 1. The van der Waals surface area contributed by atoms with Gasteiger partial charge in [-0.1, -0.05) is 24.3 Å². The number of benzene rings is 1. The quantitative estimate of drug-likeness (QED) is 0.463. The van der Waals surface area contributed by atoms with Crippen LogP contribution in [0.5, 0.6) is 5.75 Å². The predicted molar refractivity (Wildman–Crippen MR) is 106 cm³/mol. The molecule has 0 radical (unpaired) electrons. The molecule has 154 valence electrons. The molecular weight excluding hydrogens is 398 g/mol. The zero-order valence-electron chi connectivity index (χ0n) is 15.6. The number of carbonyl (C=O) groups excluding carboxylic acids is 2. The van der Waals surface area contributed by atoms with Crippen molar-refractivity contribution < 1.29 is 29.3 Å². The van der Waals surface area contributed by atoms with E-state index in [1.807, 2.05) is 0 Å². The van der Waals surface area contributed by atoms with Crippen molar-refractivity contribution in [3.63, 3.8) is 0 Å². The van der Waals surface area contributed by atoms with Gasteiger partial charge in [-0.15, -0.1) is 11.8 Å². The maximum absolute atomic E-state index is 12.6. The minimum atomic E-state index is -1.20. The van der Waals surface area contributed by atoms with Gasteiger partial charge in [0.1, 0.15) is 28.9 Å². The highest BCUT2D eigenvalue weighted by Gasteiger charge is 2.54. The van der Waals surface area contributed by atoms with Gasteiger partial charge in [-0.2, -0.15) is 0 Å². The molecule has 29 heavy (non-hydrogen) atoms. The number of nitrogens with one attached hydrogen (secondary N) is 1. The molecular formula is C19H21N3O6S. The highest BCUT2D eigenvalue weighted by molar-refractivity contribution is 8.00. The van der Waals surface area contributed by atoms with Crippen molar-refractivity contribution >= 4 is 29.5 Å². The number of phenols is 1. The van der Waals surface area contributed by atoms with E-state index in [2.05, 4.69) is 5.32 Å². The first-order valence-corrected chi connectivity index (χ1v) is 9.81. The molecule has 1 aromatic carbocycles. The smallest absolute Gasteiger partial charge is 0.352 e. The van der Waals surface area contributed by atoms with E-state index >= 15 is 0 Å². The lowest BCUT2D eigenvalue weighted by atomic mass is 10.0. The molecule has 0 spiro atoms. The molecule has 5 N–H and O–H groups in total. The summed E-state index contributed by atoms with van der Waals surface area (Å²) in [6.07, 6.45) is 3.31. The minimum absolute atomic E-state index is 0.0492. The fourth-order valence-electron chi connectivity index (χ4n) is 3.13. The second-order valence-corrected chi connectivity index (χ2v) is 7.61. The molecule has 1 fully saturated rings. The zero-order valence-corrected chi connectivity index (χ0v) is 16.4. The Morgan fingerprint density at radius 2 is 2.10 bits per heavy atom. The van der Waals surface area contributed by atoms with Crippen molar-refractivity contribution in [1.82, 2.24) is 10.2 Å². The lowest BCUT2D eigenvalue weighted by Crippen LogP contribution is -2.71. The van der Waals surface area contributed by atoms with Crippen LogP contribution in [-0.4, -0.2) is 63.8 Å². The molecule has 2 amide bonds. The summed E-state index contributed by atoms with van der Waals surface area (Å²) in [7, 11) is 1.53. The molecule has 0 bridgehead atoms. The van der Waals surface area contributed by atoms with Crippen molar-refractivity contribution in [2.45, 2.75) is 17.5 Å². The Hall–Kier alpha value is -2.82. The number of allylic oxidation sites excluding steroid dienone is 1. The van der Waals surface area contributed by atoms with Gasteiger partial charge in [-0.25, -0.2) is 4.79 Å². The number of carbonyl (C=O) groups is 3. The molecule has 1 unspecified atom stereocenters. The van der Waals surface area contributed by atoms with Crippen molar-refractivity contribution in [2.24, 2.45) is 5.73 Å². The van der Waals surface area contributed by atoms with Gasteiger partial charge in [-0.3, -0.25) is 14.5 Å². The van der Waals surface area contributed by atoms with E-state index in [0.717, 1.165) is 0 Å². The Bertz CT molecular complexity index is 882. The molecule has 0 aromatic heterocycles. The fourth-order valence-corrected chi connectivity index (χ4v) is 4.45. The summed E-state index contributed by atoms with van der Waals surface area (Å²) in [5.74, 6) is -1.82. The Labute approximate surface area is 171 Å². The first-order valence-electron chi connectivity index (χ1n) is 8.76. The topological polar surface area (TPSA) is 142 Å². The van der Waals surface area contributed by atoms with Gasteiger partial charge >= 0.3 is 5.97 Å². The number of nitrogens with zero attached hydrogens (tertiary/aromatic N) is 1. The maximum atomic E-state index is 12.6. The van der Waals surface area contributed by atoms with Gasteiger partial charge < -0.3 is 26.0 Å². The van der Waals surface area contributed by atoms with Gasteiger partial charge in [0.15, 0.2) is 0 Å². The number of amides is 2. The van der Waals surface area contributed by atoms with E-state index in [1.54, 1.807) is 12.2 Å². The van der Waals surface area contributed by atoms with E-state index in [-0.39, 0.29) is 11.4 Å². The van der Waals surface area contributed by atoms with Crippen LogP contribution < -0.4 is 11.1 Å². The normalized spacial score (nSPS) is 22.3. The number of carboxylic acid groups (broad SMARTS) is 1. The molecule has 1 aromatic rings. The number of ether oxygens (including phenoxy) is 1. The lowest BCUT2D eigenvalue weighted by Gasteiger charge is -2.49. The summed E-state index contributed by atoms with van der Waals surface area (Å²) in [4.78, 5) is 38.0. The van der Waals surface area contributed by atoms with E-state index in [1.165, 1.54) is 48.0 Å². The third-order valence-corrected chi connectivity index (χ3v) is 5.92. The molecule has 2 aliphatic heterocycles. The average molecular weight is 419 g/mol. The zero-order chi connectivity index (χ0) is 21.1. The van der Waals surface area contributed by atoms with Gasteiger partial charge in [0.25, 0.3) is 5.91 Å². The van der Waals surface area contributed by atoms with Crippen molar-refractivity contribution in [3.05, 3.63) is 53.3 Å². The Morgan fingerprint density at radius 3 is 2.72 bits per heavy atom. The van der Waals surface area contributed by atoms with Crippen LogP contribution in [0.25, 0.3) is 0 Å². The second-order valence-electron chi connectivity index (χ2n) is 6.50. The van der Waals surface area contributed by atoms with Crippen LogP contribution in [0.2, 0.25) is 0 Å². The summed E-state index contributed by atoms with van der Waals surface area (Å²) in [6.45, 7) is 0.326. The third-order valence-electron chi connectivity index (χ3n) is 4.61. The largest absolute Gasteiger partial charge is 0.508 e. The van der Waals surface area contributed by atoms with Gasteiger partial charge in [-0.05, 0) is 23.3 Å².